The number of aliphatic hydroxyl groups is 2. The normalized spacial score (nSPS) is 18.6. The number of ketones is 5. The van der Waals surface area contributed by atoms with E-state index < -0.39 is 0 Å². The topological polar surface area (TPSA) is 301 Å². The zero-order valence-corrected chi connectivity index (χ0v) is 75.9. The Morgan fingerprint density at radius 1 is 0.400 bits per heavy atom. The Morgan fingerprint density at radius 2 is 0.769 bits per heavy atom. The van der Waals surface area contributed by atoms with E-state index >= 15 is 0 Å². The molecule has 130 heavy (non-hydrogen) atoms. The lowest BCUT2D eigenvalue weighted by Crippen LogP contribution is -2.22. The number of aliphatic hydroxyl groups excluding tert-OH is 2. The van der Waals surface area contributed by atoms with E-state index in [2.05, 4.69) is 55.3 Å². The molecule has 0 unspecified atom stereocenters. The van der Waals surface area contributed by atoms with Crippen molar-refractivity contribution >= 4 is 113 Å². The summed E-state index contributed by atoms with van der Waals surface area (Å²) in [5.74, 6) is 5.70. The average molecular weight is 1790 g/mol. The van der Waals surface area contributed by atoms with Crippen LogP contribution < -0.4 is 0 Å². The molecule has 26 heteroatoms. The lowest BCUT2D eigenvalue weighted by atomic mass is 9.82. The van der Waals surface area contributed by atoms with E-state index in [1.807, 2.05) is 182 Å². The third kappa shape index (κ3) is 20.5. The number of ether oxygens (including phenoxy) is 1. The van der Waals surface area contributed by atoms with Crippen molar-refractivity contribution in [2.45, 2.75) is 193 Å². The van der Waals surface area contributed by atoms with Crippen LogP contribution in [-0.2, 0) is 18.0 Å². The molecule has 0 saturated heterocycles. The van der Waals surface area contributed by atoms with Gasteiger partial charge in [0.25, 0.3) is 0 Å². The number of imidazole rings is 4. The molecule has 0 amide bonds. The summed E-state index contributed by atoms with van der Waals surface area (Å²) in [6.07, 6.45) is 27.7. The maximum absolute atomic E-state index is 12.8. The Morgan fingerprint density at radius 3 is 1.10 bits per heavy atom. The van der Waals surface area contributed by atoms with E-state index in [-0.39, 0.29) is 78.2 Å². The van der Waals surface area contributed by atoms with Crippen LogP contribution >= 0.6 is 34.0 Å². The van der Waals surface area contributed by atoms with Gasteiger partial charge in [-0.15, -0.1) is 34.0 Å². The number of hydrogen-bond donors (Lipinski definition) is 2. The van der Waals surface area contributed by atoms with Gasteiger partial charge in [-0.25, -0.2) is 29.7 Å². The van der Waals surface area contributed by atoms with Gasteiger partial charge in [-0.3, -0.25) is 43.9 Å². The zero-order chi connectivity index (χ0) is 89.7. The Labute approximate surface area is 766 Å². The minimum Gasteiger partial charge on any atom is -0.465 e. The summed E-state index contributed by atoms with van der Waals surface area (Å²) in [4.78, 5) is 121. The number of benzene rings is 4. The lowest BCUT2D eigenvalue weighted by molar-refractivity contribution is 0.0600. The number of hydrogen-bond acceptors (Lipinski definition) is 22. The minimum absolute atomic E-state index is 0.00193. The van der Waals surface area contributed by atoms with Crippen molar-refractivity contribution in [3.63, 3.8) is 0 Å². The van der Waals surface area contributed by atoms with Crippen LogP contribution in [0, 0.1) is 37.5 Å². The maximum atomic E-state index is 12.8. The molecule has 4 aliphatic carbocycles. The molecule has 664 valence electrons. The molecule has 20 rings (SSSR count). The number of aryl methyl sites for hydroxylation is 2. The quantitative estimate of drug-likeness (QED) is 0.0397. The number of aromatic nitrogens is 13. The second-order valence-corrected chi connectivity index (χ2v) is 37.8. The molecule has 4 fully saturated rings. The van der Waals surface area contributed by atoms with Crippen LogP contribution in [0.15, 0.2) is 228 Å². The van der Waals surface area contributed by atoms with Gasteiger partial charge in [0.05, 0.1) is 84.7 Å². The summed E-state index contributed by atoms with van der Waals surface area (Å²) >= 11 is 4.64. The van der Waals surface area contributed by atoms with Crippen LogP contribution in [0.5, 0.6) is 0 Å². The van der Waals surface area contributed by atoms with Crippen molar-refractivity contribution in [1.29, 1.82) is 0 Å². The summed E-state index contributed by atoms with van der Waals surface area (Å²) in [5.41, 5.74) is 14.0. The highest BCUT2D eigenvalue weighted by atomic mass is 32.1. The first-order chi connectivity index (χ1) is 63.5. The molecule has 0 radical (unpaired) electrons. The number of pyridine rings is 4. The second-order valence-electron chi connectivity index (χ2n) is 34.6. The molecule has 12 aromatic heterocycles. The van der Waals surface area contributed by atoms with Crippen molar-refractivity contribution in [2.75, 3.05) is 7.11 Å². The second kappa shape index (κ2) is 41.4. The molecule has 4 aliphatic rings. The van der Waals surface area contributed by atoms with Crippen molar-refractivity contribution in [3.8, 4) is 46.1 Å². The molecule has 0 spiro atoms. The number of fused-ring (bicyclic) bond motifs is 4. The molecule has 12 heterocycles. The molecule has 0 bridgehead atoms. The first kappa shape index (κ1) is 89.4. The van der Waals surface area contributed by atoms with Gasteiger partial charge in [-0.1, -0.05) is 81.1 Å². The highest BCUT2D eigenvalue weighted by Gasteiger charge is 2.35. The molecule has 2 N–H and O–H groups in total. The predicted octanol–water partition coefficient (Wildman–Crippen LogP) is 23.6. The van der Waals surface area contributed by atoms with Crippen LogP contribution in [0.25, 0.3) is 90.2 Å². The number of Topliss-reactive ketones (excluding diaryl/α,β-unsaturated/α-hetero) is 5. The number of esters is 1. The van der Waals surface area contributed by atoms with Crippen molar-refractivity contribution in [3.05, 3.63) is 277 Å². The van der Waals surface area contributed by atoms with Crippen molar-refractivity contribution < 1.29 is 48.1 Å². The highest BCUT2D eigenvalue weighted by Crippen LogP contribution is 2.46. The van der Waals surface area contributed by atoms with Crippen molar-refractivity contribution in [1.82, 2.24) is 63.1 Å². The molecular formula is C104H105N13O10S3. The van der Waals surface area contributed by atoms with Gasteiger partial charge in [-0.05, 0) is 263 Å². The van der Waals surface area contributed by atoms with Crippen LogP contribution in [-0.4, -0.2) is 115 Å². The predicted molar refractivity (Wildman–Crippen MR) is 508 cm³/mol. The number of nitrogens with zero attached hydrogens (tertiary/aromatic N) is 13. The highest BCUT2D eigenvalue weighted by molar-refractivity contribution is 7.14. The number of methoxy groups -OCH3 is 1. The first-order valence-electron chi connectivity index (χ1n) is 45.2. The van der Waals surface area contributed by atoms with E-state index in [1.165, 1.54) is 40.9 Å². The average Bonchev–Trinajstić information content (AvgIpc) is 1.61. The summed E-state index contributed by atoms with van der Waals surface area (Å²) in [5, 5.41) is 23.1. The van der Waals surface area contributed by atoms with E-state index in [1.54, 1.807) is 55.2 Å². The largest absolute Gasteiger partial charge is 0.465 e. The SMILES string of the molecule is CCC(=O)c1ccc2c(c1)nc(-c1ccccn1)n2[C@@H]1CCC[C@H](CC(=O)c2coc(C)n2)C1.COC(=O)c1ccc2c(c1)nc(-c1ccccn1)n2[C@@H]1CCC[C@H](CC(=O)c2cccs2)C1.Cc1ccc(C(=O)C[C@H]2CCC[C@@H](n3c(-c4ccccn4)nc4cc(CO)ccc43)C2)s1.O=C(C[C@H]1CCC[C@@H](n2c(-c3ccccn3)nc3cc(CO)ccc32)C1)c1cccs1. The third-order valence-electron chi connectivity index (χ3n) is 25.8. The van der Waals surface area contributed by atoms with Crippen LogP contribution in [0.3, 0.4) is 0 Å². The van der Waals surface area contributed by atoms with Gasteiger partial charge in [0.15, 0.2) is 58.1 Å². The smallest absolute Gasteiger partial charge is 0.337 e. The number of oxazole rings is 1. The fourth-order valence-electron chi connectivity index (χ4n) is 19.6. The van der Waals surface area contributed by atoms with E-state index in [0.717, 1.165) is 219 Å². The van der Waals surface area contributed by atoms with Crippen molar-refractivity contribution in [2.24, 2.45) is 23.7 Å². The number of carbonyl (C=O) groups is 6. The van der Waals surface area contributed by atoms with Crippen LogP contribution in [0.2, 0.25) is 0 Å². The summed E-state index contributed by atoms with van der Waals surface area (Å²) in [6, 6.07) is 59.3. The van der Waals surface area contributed by atoms with E-state index in [0.29, 0.717) is 72.6 Å². The van der Waals surface area contributed by atoms with Gasteiger partial charge < -0.3 is 37.6 Å². The third-order valence-corrected chi connectivity index (χ3v) is 28.6. The lowest BCUT2D eigenvalue weighted by Gasteiger charge is -2.31. The zero-order valence-electron chi connectivity index (χ0n) is 73.4. The van der Waals surface area contributed by atoms with Gasteiger partial charge in [0, 0.05) is 98.4 Å². The molecular weight excluding hydrogens is 1690 g/mol. The van der Waals surface area contributed by atoms with Gasteiger partial charge >= 0.3 is 5.97 Å². The Bertz CT molecular complexity index is 6640. The fourth-order valence-corrected chi connectivity index (χ4v) is 21.8. The standard InChI is InChI=1S/C27H28N4O3.C26H25N3O3S.C26H27N3O2S.C25H25N3O2S/c1-3-25(32)19-10-11-24-22(15-19)30-27(21-9-4-5-12-28-21)31(24)20-8-6-7-18(13-20)14-26(33)23-16-34-17(2)29-23;1-32-26(31)18-10-11-22-21(16-18)28-25(20-8-2-3-12-27-20)29(22)19-7-4-6-17(14-19)15-23(30)24-9-5-13-33-24;1-17-8-11-25(32-17)24(31)15-18-5-4-6-20(13-18)29-23-10-9-19(16-30)14-22(23)28-26(29)21-7-2-3-12-27-21;29-16-18-9-10-22-21(14-18)27-25(20-7-1-2-11-26-20)28(22)19-6-3-5-17(13-19)15-23(30)24-8-4-12-31-24/h4-5,9-12,15-16,18,20H,3,6-8,13-14H2,1-2H3;2-3,5,8-13,16-17,19H,4,6-7,14-15H2,1H3;2-3,7-12,14,18,20,30H,4-6,13,15-16H2,1H3;1-2,4,7-12,14,17,19,29H,3,5-6,13,15-16H2/t18-,20+;17-,19+;18-,20+;17-,19+/m0000/s1. The minimum atomic E-state index is -0.379. The van der Waals surface area contributed by atoms with Gasteiger partial charge in [0.2, 0.25) is 0 Å². The summed E-state index contributed by atoms with van der Waals surface area (Å²) in [6.45, 7) is 5.66. The molecule has 4 aromatic carbocycles. The van der Waals surface area contributed by atoms with Gasteiger partial charge in [0.1, 0.15) is 34.7 Å². The Balaban J connectivity index is 0.000000122. The van der Waals surface area contributed by atoms with E-state index in [9.17, 15) is 39.0 Å². The van der Waals surface area contributed by atoms with Gasteiger partial charge in [-0.2, -0.15) is 0 Å². The number of thiophene rings is 3. The molecule has 23 nitrogen and oxygen atoms in total. The number of carbonyl (C=O) groups excluding carboxylic acids is 6. The molecule has 0 aliphatic heterocycles. The van der Waals surface area contributed by atoms with Crippen LogP contribution in [0.4, 0.5) is 0 Å². The molecule has 4 saturated carbocycles. The maximum Gasteiger partial charge on any atom is 0.337 e. The molecule has 16 aromatic rings. The number of rotatable bonds is 25. The Kier molecular flexibility index (Phi) is 28.5. The Hall–Kier alpha value is -12.6. The first-order valence-corrected chi connectivity index (χ1v) is 47.8. The fraction of sp³-hybridized carbons (Fsp3) is 0.337. The molecule has 8 atom stereocenters. The summed E-state index contributed by atoms with van der Waals surface area (Å²) in [7, 11) is 1.38. The van der Waals surface area contributed by atoms with E-state index in [4.69, 9.17) is 29.1 Å². The summed E-state index contributed by atoms with van der Waals surface area (Å²) < 4.78 is 19.3. The van der Waals surface area contributed by atoms with Crippen LogP contribution in [0.1, 0.15) is 248 Å². The monoisotopic (exact) mass is 1790 g/mol.